The highest BCUT2D eigenvalue weighted by Crippen LogP contribution is 2.42. The molecule has 3 atom stereocenters. The summed E-state index contributed by atoms with van der Waals surface area (Å²) < 4.78 is 2.52. The van der Waals surface area contributed by atoms with Crippen LogP contribution in [0.15, 0.2) is 66.7 Å². The number of likely N-dealkylation sites (tertiary alicyclic amines) is 1. The van der Waals surface area contributed by atoms with Crippen LogP contribution >= 0.6 is 23.2 Å². The molecule has 2 saturated heterocycles. The molecule has 39 heavy (non-hydrogen) atoms. The zero-order valence-electron chi connectivity index (χ0n) is 22.3. The number of rotatable bonds is 4. The van der Waals surface area contributed by atoms with E-state index in [9.17, 15) is 0 Å². The number of imidazole rings is 1. The summed E-state index contributed by atoms with van der Waals surface area (Å²) in [6.45, 7) is 4.44. The monoisotopic (exact) mass is 558 g/mol. The Kier molecular flexibility index (Phi) is 7.15. The maximum absolute atomic E-state index is 6.29. The first-order chi connectivity index (χ1) is 19.1. The SMILES string of the molecule is Clc1ccc(CC2CC(N3CCC(C4c5ccccc5CCn5c4nc4ccccc45)CC3)CCN2)cc1Cl. The Balaban J connectivity index is 1.08. The van der Waals surface area contributed by atoms with Gasteiger partial charge in [0.1, 0.15) is 5.82 Å². The van der Waals surface area contributed by atoms with Crippen LogP contribution in [0.3, 0.4) is 0 Å². The molecule has 3 unspecified atom stereocenters. The fourth-order valence-corrected chi connectivity index (χ4v) is 7.83. The van der Waals surface area contributed by atoms with Crippen LogP contribution in [-0.4, -0.2) is 46.2 Å². The Morgan fingerprint density at radius 3 is 2.56 bits per heavy atom. The summed E-state index contributed by atoms with van der Waals surface area (Å²) in [5.41, 5.74) is 6.69. The van der Waals surface area contributed by atoms with Gasteiger partial charge in [-0.1, -0.05) is 65.7 Å². The third kappa shape index (κ3) is 5.02. The Bertz CT molecular complexity index is 1470. The van der Waals surface area contributed by atoms with Gasteiger partial charge in [0, 0.05) is 24.5 Å². The van der Waals surface area contributed by atoms with Gasteiger partial charge in [0.2, 0.25) is 0 Å². The molecule has 3 aliphatic heterocycles. The first kappa shape index (κ1) is 25.6. The molecule has 3 aromatic carbocycles. The topological polar surface area (TPSA) is 33.1 Å². The highest BCUT2D eigenvalue weighted by molar-refractivity contribution is 6.42. The number of benzene rings is 3. The van der Waals surface area contributed by atoms with Crippen molar-refractivity contribution in [3.63, 3.8) is 0 Å². The largest absolute Gasteiger partial charge is 0.327 e. The number of aryl methyl sites for hydroxylation is 2. The highest BCUT2D eigenvalue weighted by Gasteiger charge is 2.37. The lowest BCUT2D eigenvalue weighted by Crippen LogP contribution is -2.51. The molecule has 3 aliphatic rings. The second-order valence-corrected chi connectivity index (χ2v) is 12.5. The molecule has 0 aliphatic carbocycles. The predicted molar refractivity (Wildman–Crippen MR) is 161 cm³/mol. The van der Waals surface area contributed by atoms with Gasteiger partial charge in [0.05, 0.1) is 21.1 Å². The molecule has 0 bridgehead atoms. The highest BCUT2D eigenvalue weighted by atomic mass is 35.5. The van der Waals surface area contributed by atoms with Gasteiger partial charge in [-0.25, -0.2) is 4.98 Å². The molecule has 0 radical (unpaired) electrons. The molecule has 202 valence electrons. The zero-order valence-corrected chi connectivity index (χ0v) is 23.8. The van der Waals surface area contributed by atoms with Crippen molar-refractivity contribution in [2.45, 2.75) is 63.1 Å². The van der Waals surface area contributed by atoms with Crippen LogP contribution in [0.4, 0.5) is 0 Å². The minimum atomic E-state index is 0.369. The summed E-state index contributed by atoms with van der Waals surface area (Å²) in [4.78, 5) is 8.04. The van der Waals surface area contributed by atoms with E-state index in [-0.39, 0.29) is 0 Å². The summed E-state index contributed by atoms with van der Waals surface area (Å²) in [7, 11) is 0. The first-order valence-corrected chi connectivity index (χ1v) is 15.3. The molecule has 7 rings (SSSR count). The molecule has 6 heteroatoms. The predicted octanol–water partition coefficient (Wildman–Crippen LogP) is 7.11. The number of nitrogens with one attached hydrogen (secondary N) is 1. The fourth-order valence-electron chi connectivity index (χ4n) is 7.51. The summed E-state index contributed by atoms with van der Waals surface area (Å²) >= 11 is 12.4. The minimum absolute atomic E-state index is 0.369. The third-order valence-corrected chi connectivity index (χ3v) is 10.2. The van der Waals surface area contributed by atoms with Crippen molar-refractivity contribution < 1.29 is 0 Å². The standard InChI is InChI=1S/C33H36Cl2N4/c34-28-10-9-22(20-29(28)35)19-25-21-26(11-15-36-25)38-16-12-24(13-17-38)32-27-6-2-1-5-23(27)14-18-39-31-8-4-3-7-30(31)37-33(32)39/h1-10,20,24-26,32,36H,11-19,21H2. The van der Waals surface area contributed by atoms with Gasteiger partial charge in [0.15, 0.2) is 0 Å². The number of fused-ring (bicyclic) bond motifs is 4. The molecule has 4 aromatic rings. The molecule has 0 amide bonds. The lowest BCUT2D eigenvalue weighted by molar-refractivity contribution is 0.0942. The van der Waals surface area contributed by atoms with Crippen LogP contribution in [-0.2, 0) is 19.4 Å². The Morgan fingerprint density at radius 2 is 1.69 bits per heavy atom. The molecule has 1 aromatic heterocycles. The van der Waals surface area contributed by atoms with Crippen molar-refractivity contribution >= 4 is 34.2 Å². The lowest BCUT2D eigenvalue weighted by atomic mass is 9.77. The van der Waals surface area contributed by atoms with E-state index in [0.29, 0.717) is 34.0 Å². The number of hydrogen-bond donors (Lipinski definition) is 1. The minimum Gasteiger partial charge on any atom is -0.327 e. The molecule has 4 heterocycles. The number of piperidine rings is 2. The number of halogens is 2. The van der Waals surface area contributed by atoms with Gasteiger partial charge in [-0.3, -0.25) is 0 Å². The lowest BCUT2D eigenvalue weighted by Gasteiger charge is -2.43. The number of para-hydroxylation sites is 2. The summed E-state index contributed by atoms with van der Waals surface area (Å²) in [5, 5.41) is 5.04. The fraction of sp³-hybridized carbons (Fsp3) is 0.424. The molecular weight excluding hydrogens is 523 g/mol. The van der Waals surface area contributed by atoms with E-state index in [1.165, 1.54) is 66.8 Å². The molecule has 2 fully saturated rings. The van der Waals surface area contributed by atoms with E-state index in [1.807, 2.05) is 12.1 Å². The first-order valence-electron chi connectivity index (χ1n) is 14.6. The van der Waals surface area contributed by atoms with E-state index >= 15 is 0 Å². The number of aromatic nitrogens is 2. The average Bonchev–Trinajstić information content (AvgIpc) is 3.24. The van der Waals surface area contributed by atoms with Crippen molar-refractivity contribution in [2.24, 2.45) is 5.92 Å². The smallest absolute Gasteiger partial charge is 0.117 e. The van der Waals surface area contributed by atoms with Gasteiger partial charge in [-0.05, 0) is 105 Å². The van der Waals surface area contributed by atoms with Crippen LogP contribution in [0.25, 0.3) is 11.0 Å². The van der Waals surface area contributed by atoms with Crippen LogP contribution in [0.2, 0.25) is 10.0 Å². The van der Waals surface area contributed by atoms with Gasteiger partial charge < -0.3 is 14.8 Å². The van der Waals surface area contributed by atoms with Gasteiger partial charge in [-0.2, -0.15) is 0 Å². The normalized spacial score (nSPS) is 24.3. The Hall–Kier alpha value is -2.37. The summed E-state index contributed by atoms with van der Waals surface area (Å²) in [6, 6.07) is 25.0. The molecular formula is C33H36Cl2N4. The van der Waals surface area contributed by atoms with E-state index in [2.05, 4.69) is 69.4 Å². The maximum Gasteiger partial charge on any atom is 0.117 e. The Labute approximate surface area is 241 Å². The van der Waals surface area contributed by atoms with Crippen molar-refractivity contribution in [2.75, 3.05) is 19.6 Å². The van der Waals surface area contributed by atoms with Crippen LogP contribution in [0.5, 0.6) is 0 Å². The third-order valence-electron chi connectivity index (χ3n) is 9.45. The van der Waals surface area contributed by atoms with Crippen LogP contribution in [0, 0.1) is 5.92 Å². The van der Waals surface area contributed by atoms with Gasteiger partial charge in [-0.15, -0.1) is 0 Å². The second-order valence-electron chi connectivity index (χ2n) is 11.7. The van der Waals surface area contributed by atoms with E-state index in [0.717, 1.165) is 31.4 Å². The van der Waals surface area contributed by atoms with Crippen LogP contribution in [0.1, 0.15) is 54.1 Å². The van der Waals surface area contributed by atoms with Crippen molar-refractivity contribution in [1.29, 1.82) is 0 Å². The zero-order chi connectivity index (χ0) is 26.3. The van der Waals surface area contributed by atoms with E-state index in [1.54, 1.807) is 0 Å². The molecule has 0 saturated carbocycles. The molecule has 0 spiro atoms. The summed E-state index contributed by atoms with van der Waals surface area (Å²) in [5.74, 6) is 2.27. The number of hydrogen-bond acceptors (Lipinski definition) is 3. The summed E-state index contributed by atoms with van der Waals surface area (Å²) in [6.07, 6.45) is 6.94. The molecule has 4 nitrogen and oxygen atoms in total. The van der Waals surface area contributed by atoms with Gasteiger partial charge in [0.25, 0.3) is 0 Å². The van der Waals surface area contributed by atoms with Crippen molar-refractivity contribution in [3.8, 4) is 0 Å². The molecule has 1 N–H and O–H groups in total. The average molecular weight is 560 g/mol. The van der Waals surface area contributed by atoms with Crippen molar-refractivity contribution in [1.82, 2.24) is 19.8 Å². The Morgan fingerprint density at radius 1 is 0.872 bits per heavy atom. The second kappa shape index (κ2) is 10.9. The van der Waals surface area contributed by atoms with Crippen LogP contribution < -0.4 is 5.32 Å². The van der Waals surface area contributed by atoms with E-state index < -0.39 is 0 Å². The quantitative estimate of drug-likeness (QED) is 0.289. The van der Waals surface area contributed by atoms with Gasteiger partial charge >= 0.3 is 0 Å². The van der Waals surface area contributed by atoms with E-state index in [4.69, 9.17) is 28.2 Å². The maximum atomic E-state index is 6.29. The number of nitrogens with zero attached hydrogens (tertiary/aromatic N) is 3. The van der Waals surface area contributed by atoms with Crippen molar-refractivity contribution in [3.05, 3.63) is 99.3 Å².